The first-order valence-corrected chi connectivity index (χ1v) is 32.1. The lowest BCUT2D eigenvalue weighted by atomic mass is 9.55. The fourth-order valence-corrected chi connectivity index (χ4v) is 16.6. The van der Waals surface area contributed by atoms with Crippen molar-refractivity contribution in [2.75, 3.05) is 13.2 Å². The van der Waals surface area contributed by atoms with Gasteiger partial charge >= 0.3 is 7.82 Å². The summed E-state index contributed by atoms with van der Waals surface area (Å²) in [5.41, 5.74) is 37.4. The van der Waals surface area contributed by atoms with Gasteiger partial charge in [-0.25, -0.2) is 9.55 Å². The van der Waals surface area contributed by atoms with Gasteiger partial charge in [0.1, 0.15) is 18.3 Å². The molecule has 2 saturated heterocycles. The van der Waals surface area contributed by atoms with E-state index in [2.05, 4.69) is 15.6 Å². The summed E-state index contributed by atoms with van der Waals surface area (Å²) in [4.78, 5) is 126. The fraction of sp³-hybridized carbons (Fsp3) is 0.629. The summed E-state index contributed by atoms with van der Waals surface area (Å²) in [6.07, 6.45) is -4.26. The molecular weight excluding hydrogens is 1180 g/mol. The van der Waals surface area contributed by atoms with Crippen LogP contribution in [0.15, 0.2) is 67.8 Å². The molecular formula is C62H90N13O14P. The van der Waals surface area contributed by atoms with Gasteiger partial charge in [-0.1, -0.05) is 34.6 Å². The number of allylic oxidation sites excluding steroid dienone is 6. The van der Waals surface area contributed by atoms with Crippen molar-refractivity contribution >= 4 is 77.3 Å². The Bertz CT molecular complexity index is 3540. The highest BCUT2D eigenvalue weighted by Gasteiger charge is 2.66. The van der Waals surface area contributed by atoms with Gasteiger partial charge in [-0.3, -0.25) is 57.6 Å². The van der Waals surface area contributed by atoms with Crippen LogP contribution >= 0.6 is 7.82 Å². The molecule has 7 heterocycles. The van der Waals surface area contributed by atoms with Gasteiger partial charge in [0.2, 0.25) is 41.4 Å². The van der Waals surface area contributed by atoms with Crippen molar-refractivity contribution in [3.05, 3.63) is 63.9 Å². The van der Waals surface area contributed by atoms with Crippen LogP contribution in [0.3, 0.4) is 0 Å². The Morgan fingerprint density at radius 1 is 0.800 bits per heavy atom. The van der Waals surface area contributed by atoms with Crippen molar-refractivity contribution < 1.29 is 67.0 Å². The molecule has 2 aromatic rings. The number of nitrogens with one attached hydrogen (secondary N) is 2. The van der Waals surface area contributed by atoms with E-state index in [1.807, 2.05) is 87.4 Å². The highest BCUT2D eigenvalue weighted by molar-refractivity contribution is 7.47. The molecule has 8 rings (SSSR count). The molecule has 0 spiro atoms. The van der Waals surface area contributed by atoms with Crippen LogP contribution in [0.2, 0.25) is 0 Å². The Morgan fingerprint density at radius 3 is 1.99 bits per heavy atom. The van der Waals surface area contributed by atoms with Gasteiger partial charge in [-0.05, 0) is 108 Å². The van der Waals surface area contributed by atoms with Crippen molar-refractivity contribution in [1.29, 1.82) is 0 Å². The molecule has 6 aliphatic rings. The van der Waals surface area contributed by atoms with Crippen molar-refractivity contribution in [1.82, 2.24) is 20.2 Å². The van der Waals surface area contributed by atoms with Crippen molar-refractivity contribution in [3.63, 3.8) is 0 Å². The molecule has 8 bridgehead atoms. The van der Waals surface area contributed by atoms with E-state index in [1.54, 1.807) is 4.57 Å². The number of carbonyl (C=O) groups excluding carboxylic acids is 7. The highest BCUT2D eigenvalue weighted by atomic mass is 31.2. The maximum Gasteiger partial charge on any atom is 0.472 e. The number of benzene rings is 1. The maximum atomic E-state index is 14.4. The zero-order valence-corrected chi connectivity index (χ0v) is 54.1. The number of amides is 7. The SMILES string of the molecule is CC1=C2N=C(C=C3N/C(=C(/C)C4=N[C@@](C)([C@@H]5N=C1[C@](C)(CCC(=O)NCC(C)OP(=O)(O)O[C@H]1[C@@H](O)[C@@H](n6cnc7cc(C)c(C)cc76)O[C@@H]1CO)[C@H]5CC(N)=O)[C@@](C)(CC(N)=O)[C@@H]4CCC(N)=O)[C@@](C)(CC(N)=O)[C@H]3CCC(N)=O)C(C)(C)[C@@H]2CCC(N)=O. The largest absolute Gasteiger partial charge is 0.472 e. The number of fused-ring (bicyclic) bond motifs is 7. The van der Waals surface area contributed by atoms with Crippen LogP contribution in [0.25, 0.3) is 11.0 Å². The Kier molecular flexibility index (Phi) is 19.6. The number of rotatable bonds is 26. The molecule has 17 N–H and O–H groups in total. The number of nitrogens with zero attached hydrogens (tertiary/aromatic N) is 5. The van der Waals surface area contributed by atoms with E-state index in [0.717, 1.165) is 11.1 Å². The summed E-state index contributed by atoms with van der Waals surface area (Å²) < 4.78 is 32.3. The Hall–Kier alpha value is -7.00. The lowest BCUT2D eigenvalue weighted by molar-refractivity contribution is -0.124. The summed E-state index contributed by atoms with van der Waals surface area (Å²) in [5, 5.41) is 28.2. The smallest absolute Gasteiger partial charge is 0.394 e. The van der Waals surface area contributed by atoms with Crippen molar-refractivity contribution in [3.8, 4) is 0 Å². The molecule has 28 heteroatoms. The van der Waals surface area contributed by atoms with Crippen LogP contribution in [-0.4, -0.2) is 132 Å². The summed E-state index contributed by atoms with van der Waals surface area (Å²) in [7, 11) is -5.07. The third kappa shape index (κ3) is 13.0. The molecule has 0 saturated carbocycles. The van der Waals surface area contributed by atoms with Crippen LogP contribution in [0, 0.1) is 59.2 Å². The van der Waals surface area contributed by atoms with E-state index in [1.165, 1.54) is 13.3 Å². The lowest BCUT2D eigenvalue weighted by Crippen LogP contribution is -2.56. The predicted molar refractivity (Wildman–Crippen MR) is 334 cm³/mol. The van der Waals surface area contributed by atoms with E-state index in [9.17, 15) is 53.2 Å². The predicted octanol–water partition coefficient (Wildman–Crippen LogP) is 3.16. The van der Waals surface area contributed by atoms with Crippen LogP contribution in [0.4, 0.5) is 0 Å². The lowest BCUT2D eigenvalue weighted by Gasteiger charge is -2.48. The van der Waals surface area contributed by atoms with Gasteiger partial charge in [0.15, 0.2) is 6.23 Å². The molecule has 2 unspecified atom stereocenters. The first kappa shape index (κ1) is 68.9. The standard InChI is InChI=1S/C62H90N13O14P/c1-29-20-39-40(21-30(29)2)75(28-70-39)57-52(84)53(41(27-76)87-57)89-90(85,86)88-31(3)26-69-49(83)18-19-59(8)37(22-46(66)80)56-62(11)61(10,25-48(68)82)36(14-17-45(65)79)51(74-62)33(5)55-60(9,24-47(67)81)34(12-15-43(63)77)38(71-55)23-42-58(6,7)35(13-16-44(64)78)50(72-42)32(4)54(59)73-56/h20-21,23,28,31,34-37,41,52-53,56-57,71,76,84H,12-19,22,24-27H2,1-11H3,(H2,63,77)(H2,64,78)(H2,65,79)(H2,66,80)(H2,67,81)(H2,68,82)(H,69,83)(H,85,86)/b38-23?,50-32?,55-33-/t31?,34-,35+,36+,37-,41+,52+,53+,56+,57-,59+,60-,61-,62-/m0/s1. The molecule has 15 atom stereocenters. The number of hydrogen-bond donors (Lipinski definition) is 11. The van der Waals surface area contributed by atoms with Gasteiger partial charge in [0.05, 0.1) is 41.7 Å². The van der Waals surface area contributed by atoms with Crippen molar-refractivity contribution in [2.45, 2.75) is 189 Å². The van der Waals surface area contributed by atoms with E-state index >= 15 is 0 Å². The van der Waals surface area contributed by atoms with Gasteiger partial charge < -0.3 is 69.4 Å². The summed E-state index contributed by atoms with van der Waals surface area (Å²) >= 11 is 0. The minimum Gasteiger partial charge on any atom is -0.394 e. The minimum atomic E-state index is -5.07. The Balaban J connectivity index is 1.19. The molecule has 7 amide bonds. The molecule has 1 aromatic heterocycles. The van der Waals surface area contributed by atoms with Crippen LogP contribution in [0.1, 0.15) is 150 Å². The van der Waals surface area contributed by atoms with Gasteiger partial charge in [-0.2, -0.15) is 0 Å². The first-order chi connectivity index (χ1) is 41.8. The van der Waals surface area contributed by atoms with E-state index in [0.29, 0.717) is 56.4 Å². The number of aromatic nitrogens is 2. The number of hydrogen-bond acceptors (Lipinski definition) is 18. The maximum absolute atomic E-state index is 14.4. The second kappa shape index (κ2) is 25.6. The molecule has 0 aliphatic carbocycles. The summed E-state index contributed by atoms with van der Waals surface area (Å²) in [5.74, 6) is -7.18. The highest BCUT2D eigenvalue weighted by Crippen LogP contribution is 2.63. The quantitative estimate of drug-likeness (QED) is 0.0603. The average Bonchev–Trinajstić information content (AvgIpc) is 1.53. The van der Waals surface area contributed by atoms with Crippen LogP contribution in [0.5, 0.6) is 0 Å². The minimum absolute atomic E-state index is 0.0114. The number of imidazole rings is 1. The number of aliphatic imine (C=N–C) groups is 3. The summed E-state index contributed by atoms with van der Waals surface area (Å²) in [6, 6.07) is 2.70. The van der Waals surface area contributed by atoms with Gasteiger partial charge in [0, 0.05) is 131 Å². The number of aliphatic hydroxyl groups is 2. The normalized spacial score (nSPS) is 32.8. The zero-order valence-electron chi connectivity index (χ0n) is 53.3. The monoisotopic (exact) mass is 1270 g/mol. The van der Waals surface area contributed by atoms with Gasteiger partial charge in [-0.15, -0.1) is 0 Å². The number of phosphoric acid groups is 1. The number of primary amides is 6. The average molecular weight is 1270 g/mol. The molecule has 0 radical (unpaired) electrons. The van der Waals surface area contributed by atoms with Crippen LogP contribution < -0.4 is 45.0 Å². The first-order valence-electron chi connectivity index (χ1n) is 30.6. The number of carbonyl (C=O) groups is 7. The number of phosphoric ester groups is 1. The van der Waals surface area contributed by atoms with Gasteiger partial charge in [0.25, 0.3) is 0 Å². The zero-order chi connectivity index (χ0) is 66.7. The molecule has 492 valence electrons. The third-order valence-electron chi connectivity index (χ3n) is 20.6. The van der Waals surface area contributed by atoms with E-state index < -0.39 is 143 Å². The number of aliphatic hydroxyl groups excluding tert-OH is 2. The fourth-order valence-electron chi connectivity index (χ4n) is 15.4. The molecule has 1 aromatic carbocycles. The topological polar surface area (TPSA) is 460 Å². The number of aryl methyl sites for hydroxylation is 2. The second-order valence-corrected chi connectivity index (χ2v) is 28.4. The number of nitrogens with two attached hydrogens (primary N) is 6. The van der Waals surface area contributed by atoms with Crippen LogP contribution in [-0.2, 0) is 51.9 Å². The molecule has 27 nitrogen and oxygen atoms in total. The molecule has 2 fully saturated rings. The van der Waals surface area contributed by atoms with E-state index in [-0.39, 0.29) is 77.2 Å². The Morgan fingerprint density at radius 2 is 1.40 bits per heavy atom. The van der Waals surface area contributed by atoms with E-state index in [4.69, 9.17) is 63.2 Å². The Labute approximate surface area is 523 Å². The number of ether oxygens (including phenoxy) is 1. The molecule has 6 aliphatic heterocycles. The second-order valence-electron chi connectivity index (χ2n) is 27.1. The third-order valence-corrected chi connectivity index (χ3v) is 21.7. The summed E-state index contributed by atoms with van der Waals surface area (Å²) in [6.45, 7) is 19.3. The molecule has 90 heavy (non-hydrogen) atoms. The van der Waals surface area contributed by atoms with Crippen molar-refractivity contribution in [2.24, 2.45) is 94.7 Å².